The lowest BCUT2D eigenvalue weighted by Gasteiger charge is -2.10. The van der Waals surface area contributed by atoms with Gasteiger partial charge in [-0.05, 0) is 31.9 Å². The summed E-state index contributed by atoms with van der Waals surface area (Å²) in [6.45, 7) is 7.57. The number of amides is 1. The fraction of sp³-hybridized carbons (Fsp3) is 0.286. The number of fused-ring (bicyclic) bond motifs is 1. The number of carbonyl (C=O) groups excluding carboxylic acids is 1. The summed E-state index contributed by atoms with van der Waals surface area (Å²) < 4.78 is 0. The summed E-state index contributed by atoms with van der Waals surface area (Å²) in [6, 6.07) is 1.94. The van der Waals surface area contributed by atoms with Crippen LogP contribution in [0.1, 0.15) is 28.6 Å². The zero-order valence-electron chi connectivity index (χ0n) is 11.1. The Balaban J connectivity index is 2.35. The van der Waals surface area contributed by atoms with Gasteiger partial charge in [-0.15, -0.1) is 17.9 Å². The van der Waals surface area contributed by atoms with Gasteiger partial charge in [-0.25, -0.2) is 4.98 Å². The SMILES string of the molecule is C=CCC(C)NC(=O)c1sc2nccc(C)c2c1N. The second-order valence-electron chi connectivity index (χ2n) is 4.55. The third kappa shape index (κ3) is 2.61. The zero-order valence-corrected chi connectivity index (χ0v) is 11.9. The molecule has 4 nitrogen and oxygen atoms in total. The molecule has 0 bridgehead atoms. The van der Waals surface area contributed by atoms with Crippen LogP contribution in [0.2, 0.25) is 0 Å². The number of pyridine rings is 1. The van der Waals surface area contributed by atoms with Crippen molar-refractivity contribution in [3.8, 4) is 0 Å². The molecular weight excluding hydrogens is 258 g/mol. The third-order valence-electron chi connectivity index (χ3n) is 2.94. The molecule has 2 aromatic heterocycles. The van der Waals surface area contributed by atoms with Crippen molar-refractivity contribution < 1.29 is 4.79 Å². The van der Waals surface area contributed by atoms with Gasteiger partial charge in [0.2, 0.25) is 0 Å². The van der Waals surface area contributed by atoms with Crippen LogP contribution in [0.3, 0.4) is 0 Å². The number of nitrogens with zero attached hydrogens (tertiary/aromatic N) is 1. The van der Waals surface area contributed by atoms with Crippen LogP contribution >= 0.6 is 11.3 Å². The van der Waals surface area contributed by atoms with Crippen molar-refractivity contribution in [2.75, 3.05) is 5.73 Å². The Bertz CT molecular complexity index is 633. The van der Waals surface area contributed by atoms with E-state index >= 15 is 0 Å². The van der Waals surface area contributed by atoms with Crippen LogP contribution < -0.4 is 11.1 Å². The van der Waals surface area contributed by atoms with Crippen LogP contribution in [-0.2, 0) is 0 Å². The van der Waals surface area contributed by atoms with E-state index < -0.39 is 0 Å². The average molecular weight is 275 g/mol. The number of carbonyl (C=O) groups is 1. The van der Waals surface area contributed by atoms with E-state index in [1.807, 2.05) is 19.9 Å². The fourth-order valence-electron chi connectivity index (χ4n) is 1.97. The number of nitrogens with one attached hydrogen (secondary N) is 1. The number of thiophene rings is 1. The third-order valence-corrected chi connectivity index (χ3v) is 4.05. The van der Waals surface area contributed by atoms with Gasteiger partial charge in [0.25, 0.3) is 5.91 Å². The summed E-state index contributed by atoms with van der Waals surface area (Å²) >= 11 is 1.33. The van der Waals surface area contributed by atoms with Gasteiger partial charge >= 0.3 is 0 Å². The highest BCUT2D eigenvalue weighted by Gasteiger charge is 2.19. The molecule has 0 radical (unpaired) electrons. The summed E-state index contributed by atoms with van der Waals surface area (Å²) in [6.07, 6.45) is 4.24. The van der Waals surface area contributed by atoms with Gasteiger partial charge in [-0.1, -0.05) is 6.08 Å². The largest absolute Gasteiger partial charge is 0.397 e. The first-order valence-corrected chi connectivity index (χ1v) is 6.91. The Hall–Kier alpha value is -1.88. The maximum atomic E-state index is 12.2. The molecule has 1 atom stereocenters. The highest BCUT2D eigenvalue weighted by Crippen LogP contribution is 2.34. The molecule has 0 fully saturated rings. The smallest absolute Gasteiger partial charge is 0.263 e. The van der Waals surface area contributed by atoms with Gasteiger partial charge < -0.3 is 11.1 Å². The highest BCUT2D eigenvalue weighted by molar-refractivity contribution is 7.21. The number of hydrogen-bond donors (Lipinski definition) is 2. The summed E-state index contributed by atoms with van der Waals surface area (Å²) in [5.74, 6) is -0.144. The molecule has 2 aromatic rings. The predicted octanol–water partition coefficient (Wildman–Crippen LogP) is 2.88. The number of aromatic nitrogens is 1. The summed E-state index contributed by atoms with van der Waals surface area (Å²) in [5.41, 5.74) is 7.64. The van der Waals surface area contributed by atoms with Crippen LogP contribution in [0.25, 0.3) is 10.2 Å². The lowest BCUT2D eigenvalue weighted by Crippen LogP contribution is -2.31. The lowest BCUT2D eigenvalue weighted by atomic mass is 10.1. The minimum Gasteiger partial charge on any atom is -0.397 e. The molecule has 5 heteroatoms. The Morgan fingerprint density at radius 3 is 3.05 bits per heavy atom. The quantitative estimate of drug-likeness (QED) is 0.843. The van der Waals surface area contributed by atoms with E-state index in [9.17, 15) is 4.79 Å². The summed E-state index contributed by atoms with van der Waals surface area (Å²) in [4.78, 5) is 17.8. The first-order valence-electron chi connectivity index (χ1n) is 6.10. The molecule has 19 heavy (non-hydrogen) atoms. The monoisotopic (exact) mass is 275 g/mol. The van der Waals surface area contributed by atoms with Crippen molar-refractivity contribution in [3.05, 3.63) is 35.4 Å². The molecule has 0 aliphatic rings. The van der Waals surface area contributed by atoms with Crippen LogP contribution in [0.5, 0.6) is 0 Å². The van der Waals surface area contributed by atoms with Gasteiger partial charge in [-0.3, -0.25) is 4.79 Å². The zero-order chi connectivity index (χ0) is 14.0. The maximum Gasteiger partial charge on any atom is 0.263 e. The Kier molecular flexibility index (Phi) is 3.85. The van der Waals surface area contributed by atoms with Crippen molar-refractivity contribution in [2.24, 2.45) is 0 Å². The van der Waals surface area contributed by atoms with E-state index in [1.165, 1.54) is 11.3 Å². The molecule has 0 aromatic carbocycles. The minimum atomic E-state index is -0.144. The first kappa shape index (κ1) is 13.5. The van der Waals surface area contributed by atoms with E-state index in [2.05, 4.69) is 16.9 Å². The van der Waals surface area contributed by atoms with Crippen LogP contribution in [-0.4, -0.2) is 16.9 Å². The van der Waals surface area contributed by atoms with Gasteiger partial charge in [0, 0.05) is 17.6 Å². The number of rotatable bonds is 4. The van der Waals surface area contributed by atoms with Gasteiger partial charge in [-0.2, -0.15) is 0 Å². The number of nitrogens with two attached hydrogens (primary N) is 1. The van der Waals surface area contributed by atoms with Crippen LogP contribution in [0.4, 0.5) is 5.69 Å². The molecule has 0 aliphatic heterocycles. The Morgan fingerprint density at radius 2 is 2.42 bits per heavy atom. The predicted molar refractivity (Wildman–Crippen MR) is 80.5 cm³/mol. The molecule has 2 rings (SSSR count). The molecule has 3 N–H and O–H groups in total. The topological polar surface area (TPSA) is 68.0 Å². The normalized spacial score (nSPS) is 12.3. The van der Waals surface area contributed by atoms with Crippen molar-refractivity contribution in [3.63, 3.8) is 0 Å². The number of anilines is 1. The van der Waals surface area contributed by atoms with Crippen molar-refractivity contribution in [2.45, 2.75) is 26.3 Å². The van der Waals surface area contributed by atoms with Gasteiger partial charge in [0.1, 0.15) is 9.71 Å². The lowest BCUT2D eigenvalue weighted by molar-refractivity contribution is 0.0945. The van der Waals surface area contributed by atoms with Crippen molar-refractivity contribution >= 4 is 33.1 Å². The molecule has 0 spiro atoms. The highest BCUT2D eigenvalue weighted by atomic mass is 32.1. The number of nitrogen functional groups attached to an aromatic ring is 1. The number of hydrogen-bond acceptors (Lipinski definition) is 4. The standard InChI is InChI=1S/C14H17N3OS/c1-4-5-9(3)17-13(18)12-11(15)10-8(2)6-7-16-14(10)19-12/h4,6-7,9H,1,5,15H2,2-3H3,(H,17,18). The second kappa shape index (κ2) is 5.40. The van der Waals surface area contributed by atoms with E-state index in [-0.39, 0.29) is 11.9 Å². The van der Waals surface area contributed by atoms with Crippen molar-refractivity contribution in [1.29, 1.82) is 0 Å². The fourth-order valence-corrected chi connectivity index (χ4v) is 3.01. The molecule has 100 valence electrons. The summed E-state index contributed by atoms with van der Waals surface area (Å²) in [5, 5.41) is 3.79. The molecule has 0 saturated carbocycles. The van der Waals surface area contributed by atoms with E-state index in [0.717, 1.165) is 22.2 Å². The van der Waals surface area contributed by atoms with E-state index in [4.69, 9.17) is 5.73 Å². The molecule has 2 heterocycles. The average Bonchev–Trinajstić information content (AvgIpc) is 2.68. The Labute approximate surface area is 116 Å². The molecule has 1 amide bonds. The maximum absolute atomic E-state index is 12.2. The van der Waals surface area contributed by atoms with Crippen LogP contribution in [0.15, 0.2) is 24.9 Å². The molecule has 1 unspecified atom stereocenters. The second-order valence-corrected chi connectivity index (χ2v) is 5.55. The minimum absolute atomic E-state index is 0.0451. The molecule has 0 aliphatic carbocycles. The van der Waals surface area contributed by atoms with Crippen molar-refractivity contribution in [1.82, 2.24) is 10.3 Å². The Morgan fingerprint density at radius 1 is 1.68 bits per heavy atom. The van der Waals surface area contributed by atoms with E-state index in [1.54, 1.807) is 12.3 Å². The summed E-state index contributed by atoms with van der Waals surface area (Å²) in [7, 11) is 0. The first-order chi connectivity index (χ1) is 9.04. The van der Waals surface area contributed by atoms with Gasteiger partial charge in [0.15, 0.2) is 0 Å². The number of aryl methyl sites for hydroxylation is 1. The van der Waals surface area contributed by atoms with Gasteiger partial charge in [0.05, 0.1) is 5.69 Å². The van der Waals surface area contributed by atoms with Crippen LogP contribution in [0, 0.1) is 6.92 Å². The molecule has 0 saturated heterocycles. The molecular formula is C14H17N3OS. The van der Waals surface area contributed by atoms with E-state index in [0.29, 0.717) is 10.6 Å².